The summed E-state index contributed by atoms with van der Waals surface area (Å²) in [7, 11) is 0. The number of halogens is 1. The molecule has 1 aromatic heterocycles. The first kappa shape index (κ1) is 11.0. The lowest BCUT2D eigenvalue weighted by molar-refractivity contribution is 0.0528. The number of fused-ring (bicyclic) bond motifs is 1. The minimum absolute atomic E-state index is 0.343. The molecular formula is C11H11ClN2O2. The van der Waals surface area contributed by atoms with Gasteiger partial charge < -0.3 is 9.72 Å². The molecule has 4 nitrogen and oxygen atoms in total. The highest BCUT2D eigenvalue weighted by Crippen LogP contribution is 2.20. The van der Waals surface area contributed by atoms with Gasteiger partial charge in [-0.15, -0.1) is 11.6 Å². The second-order valence-corrected chi connectivity index (χ2v) is 3.56. The smallest absolute Gasteiger partial charge is 0.340 e. The zero-order chi connectivity index (χ0) is 11.5. The van der Waals surface area contributed by atoms with Crippen LogP contribution in [0.3, 0.4) is 0 Å². The van der Waals surface area contributed by atoms with E-state index in [0.717, 1.165) is 11.1 Å². The van der Waals surface area contributed by atoms with Crippen molar-refractivity contribution in [2.24, 2.45) is 0 Å². The van der Waals surface area contributed by atoms with Gasteiger partial charge in [-0.3, -0.25) is 0 Å². The van der Waals surface area contributed by atoms with Gasteiger partial charge in [0.05, 0.1) is 24.0 Å². The Morgan fingerprint density at radius 2 is 2.38 bits per heavy atom. The van der Waals surface area contributed by atoms with Crippen LogP contribution < -0.4 is 0 Å². The molecule has 0 saturated carbocycles. The summed E-state index contributed by atoms with van der Waals surface area (Å²) in [5, 5.41) is 0. The Balaban J connectivity index is 2.56. The Morgan fingerprint density at radius 1 is 1.56 bits per heavy atom. The fourth-order valence-electron chi connectivity index (χ4n) is 1.55. The Hall–Kier alpha value is -1.55. The van der Waals surface area contributed by atoms with E-state index in [0.29, 0.717) is 23.6 Å². The largest absolute Gasteiger partial charge is 0.462 e. The normalized spacial score (nSPS) is 10.6. The zero-order valence-corrected chi connectivity index (χ0v) is 9.54. The van der Waals surface area contributed by atoms with Crippen LogP contribution in [0, 0.1) is 0 Å². The molecule has 0 saturated heterocycles. The number of hydrogen-bond acceptors (Lipinski definition) is 3. The average Bonchev–Trinajstić information content (AvgIpc) is 2.75. The molecule has 16 heavy (non-hydrogen) atoms. The molecule has 0 atom stereocenters. The highest BCUT2D eigenvalue weighted by Gasteiger charge is 2.14. The van der Waals surface area contributed by atoms with Crippen molar-refractivity contribution in [3.05, 3.63) is 29.6 Å². The summed E-state index contributed by atoms with van der Waals surface area (Å²) in [6.07, 6.45) is 1.55. The molecule has 0 spiro atoms. The third-order valence-electron chi connectivity index (χ3n) is 2.23. The van der Waals surface area contributed by atoms with Crippen molar-refractivity contribution in [1.82, 2.24) is 9.97 Å². The summed E-state index contributed by atoms with van der Waals surface area (Å²) in [6.45, 7) is 2.11. The van der Waals surface area contributed by atoms with Crippen LogP contribution in [-0.2, 0) is 10.6 Å². The Kier molecular flexibility index (Phi) is 3.10. The van der Waals surface area contributed by atoms with Gasteiger partial charge in [0.15, 0.2) is 0 Å². The summed E-state index contributed by atoms with van der Waals surface area (Å²) >= 11 is 5.76. The Morgan fingerprint density at radius 3 is 3.06 bits per heavy atom. The molecule has 0 aliphatic carbocycles. The lowest BCUT2D eigenvalue weighted by Gasteiger charge is -2.04. The van der Waals surface area contributed by atoms with E-state index < -0.39 is 0 Å². The molecule has 0 fully saturated rings. The number of aromatic nitrogens is 2. The molecule has 2 aromatic rings. The van der Waals surface area contributed by atoms with Crippen LogP contribution in [0.1, 0.15) is 22.8 Å². The van der Waals surface area contributed by atoms with Gasteiger partial charge in [-0.05, 0) is 24.6 Å². The minimum atomic E-state index is -0.369. The number of imidazole rings is 1. The van der Waals surface area contributed by atoms with Gasteiger partial charge in [-0.25, -0.2) is 9.78 Å². The van der Waals surface area contributed by atoms with E-state index in [-0.39, 0.29) is 5.97 Å². The molecule has 5 heteroatoms. The first-order chi connectivity index (χ1) is 7.76. The number of carbonyl (C=O) groups is 1. The fourth-order valence-corrected chi connectivity index (χ4v) is 1.71. The molecule has 0 radical (unpaired) electrons. The van der Waals surface area contributed by atoms with Crippen LogP contribution in [0.25, 0.3) is 11.0 Å². The van der Waals surface area contributed by atoms with Crippen molar-refractivity contribution < 1.29 is 9.53 Å². The average molecular weight is 239 g/mol. The molecule has 1 heterocycles. The van der Waals surface area contributed by atoms with Crippen LogP contribution in [-0.4, -0.2) is 22.5 Å². The van der Waals surface area contributed by atoms with E-state index in [1.165, 1.54) is 0 Å². The van der Waals surface area contributed by atoms with E-state index in [1.54, 1.807) is 19.3 Å². The first-order valence-corrected chi connectivity index (χ1v) is 5.48. The van der Waals surface area contributed by atoms with Gasteiger partial charge in [0.25, 0.3) is 0 Å². The van der Waals surface area contributed by atoms with Crippen molar-refractivity contribution in [3.63, 3.8) is 0 Å². The molecular weight excluding hydrogens is 228 g/mol. The monoisotopic (exact) mass is 238 g/mol. The molecule has 0 aliphatic rings. The lowest BCUT2D eigenvalue weighted by Crippen LogP contribution is -2.06. The van der Waals surface area contributed by atoms with E-state index >= 15 is 0 Å². The van der Waals surface area contributed by atoms with E-state index in [9.17, 15) is 4.79 Å². The van der Waals surface area contributed by atoms with Crippen LogP contribution in [0.5, 0.6) is 0 Å². The number of H-pyrrole nitrogens is 1. The molecule has 0 bridgehead atoms. The van der Waals surface area contributed by atoms with Crippen LogP contribution in [0.2, 0.25) is 0 Å². The van der Waals surface area contributed by atoms with Gasteiger partial charge in [0, 0.05) is 5.88 Å². The van der Waals surface area contributed by atoms with E-state index in [4.69, 9.17) is 16.3 Å². The third kappa shape index (κ3) is 1.88. The number of hydrogen-bond donors (Lipinski definition) is 1. The molecule has 2 rings (SSSR count). The molecule has 0 amide bonds. The molecule has 0 unspecified atom stereocenters. The SMILES string of the molecule is CCOC(=O)c1cc(CCl)cc2[nH]cnc12. The second kappa shape index (κ2) is 4.53. The minimum Gasteiger partial charge on any atom is -0.462 e. The fraction of sp³-hybridized carbons (Fsp3) is 0.273. The summed E-state index contributed by atoms with van der Waals surface area (Å²) in [5.74, 6) is -0.0203. The van der Waals surface area contributed by atoms with Crippen molar-refractivity contribution >= 4 is 28.6 Å². The lowest BCUT2D eigenvalue weighted by atomic mass is 10.1. The number of nitrogens with one attached hydrogen (secondary N) is 1. The van der Waals surface area contributed by atoms with Gasteiger partial charge in [0.2, 0.25) is 0 Å². The first-order valence-electron chi connectivity index (χ1n) is 4.95. The van der Waals surface area contributed by atoms with Crippen molar-refractivity contribution in [2.45, 2.75) is 12.8 Å². The molecule has 1 aromatic carbocycles. The van der Waals surface area contributed by atoms with Gasteiger partial charge >= 0.3 is 5.97 Å². The summed E-state index contributed by atoms with van der Waals surface area (Å²) in [5.41, 5.74) is 2.73. The number of esters is 1. The highest BCUT2D eigenvalue weighted by molar-refractivity contribution is 6.17. The van der Waals surface area contributed by atoms with Crippen LogP contribution in [0.4, 0.5) is 0 Å². The van der Waals surface area contributed by atoms with E-state index in [2.05, 4.69) is 9.97 Å². The van der Waals surface area contributed by atoms with Crippen LogP contribution >= 0.6 is 11.6 Å². The number of rotatable bonds is 3. The van der Waals surface area contributed by atoms with E-state index in [1.807, 2.05) is 6.07 Å². The Labute approximate surface area is 97.6 Å². The topological polar surface area (TPSA) is 55.0 Å². The Bertz CT molecular complexity index is 522. The maximum Gasteiger partial charge on any atom is 0.340 e. The maximum absolute atomic E-state index is 11.7. The molecule has 0 aliphatic heterocycles. The number of ether oxygens (including phenoxy) is 1. The van der Waals surface area contributed by atoms with Crippen molar-refractivity contribution in [3.8, 4) is 0 Å². The predicted octanol–water partition coefficient (Wildman–Crippen LogP) is 2.48. The van der Waals surface area contributed by atoms with Crippen molar-refractivity contribution in [2.75, 3.05) is 6.61 Å². The predicted molar refractivity (Wildman–Crippen MR) is 61.6 cm³/mol. The quantitative estimate of drug-likeness (QED) is 0.660. The third-order valence-corrected chi connectivity index (χ3v) is 2.54. The summed E-state index contributed by atoms with van der Waals surface area (Å²) in [4.78, 5) is 18.8. The van der Waals surface area contributed by atoms with Crippen molar-refractivity contribution in [1.29, 1.82) is 0 Å². The number of alkyl halides is 1. The zero-order valence-electron chi connectivity index (χ0n) is 8.79. The standard InChI is InChI=1S/C11H11ClN2O2/c1-2-16-11(15)8-3-7(5-12)4-9-10(8)14-6-13-9/h3-4,6H,2,5H2,1H3,(H,13,14). The maximum atomic E-state index is 11.7. The molecule has 1 N–H and O–H groups in total. The second-order valence-electron chi connectivity index (χ2n) is 3.30. The number of benzene rings is 1. The number of aromatic amines is 1. The number of carbonyl (C=O) groups excluding carboxylic acids is 1. The van der Waals surface area contributed by atoms with Gasteiger partial charge in [-0.2, -0.15) is 0 Å². The van der Waals surface area contributed by atoms with Crippen LogP contribution in [0.15, 0.2) is 18.5 Å². The van der Waals surface area contributed by atoms with Gasteiger partial charge in [0.1, 0.15) is 5.52 Å². The number of nitrogens with zero attached hydrogens (tertiary/aromatic N) is 1. The summed E-state index contributed by atoms with van der Waals surface area (Å²) < 4.78 is 4.97. The summed E-state index contributed by atoms with van der Waals surface area (Å²) in [6, 6.07) is 3.59. The van der Waals surface area contributed by atoms with Gasteiger partial charge in [-0.1, -0.05) is 0 Å². The highest BCUT2D eigenvalue weighted by atomic mass is 35.5. The molecule has 84 valence electrons.